The van der Waals surface area contributed by atoms with Gasteiger partial charge in [0.2, 0.25) is 5.91 Å². The fourth-order valence-electron chi connectivity index (χ4n) is 3.34. The van der Waals surface area contributed by atoms with Crippen LogP contribution in [0.4, 0.5) is 0 Å². The van der Waals surface area contributed by atoms with Crippen LogP contribution in [-0.2, 0) is 9.53 Å². The summed E-state index contributed by atoms with van der Waals surface area (Å²) in [7, 11) is 0. The summed E-state index contributed by atoms with van der Waals surface area (Å²) >= 11 is 0. The molecule has 0 bridgehead atoms. The lowest BCUT2D eigenvalue weighted by Gasteiger charge is -2.34. The molecule has 1 aromatic carbocycles. The number of hydrogen-bond acceptors (Lipinski definition) is 6. The van der Waals surface area contributed by atoms with Crippen molar-refractivity contribution in [3.8, 4) is 5.75 Å². The van der Waals surface area contributed by atoms with Gasteiger partial charge in [-0.05, 0) is 30.9 Å². The highest BCUT2D eigenvalue weighted by molar-refractivity contribution is 5.98. The van der Waals surface area contributed by atoms with Crippen LogP contribution in [0.25, 0.3) is 10.9 Å². The zero-order chi connectivity index (χ0) is 21.0. The number of nitrogens with one attached hydrogen (secondary N) is 2. The van der Waals surface area contributed by atoms with Gasteiger partial charge in [0, 0.05) is 18.4 Å². The second kappa shape index (κ2) is 9.19. The summed E-state index contributed by atoms with van der Waals surface area (Å²) in [5.41, 5.74) is 0.493. The largest absolute Gasteiger partial charge is 0.505 e. The number of aliphatic hydroxyl groups is 1. The molecular formula is C21H27N3O5. The highest BCUT2D eigenvalue weighted by Crippen LogP contribution is 2.23. The van der Waals surface area contributed by atoms with E-state index in [9.17, 15) is 19.8 Å². The van der Waals surface area contributed by atoms with Gasteiger partial charge in [0.15, 0.2) is 12.0 Å². The number of amides is 2. The van der Waals surface area contributed by atoms with Gasteiger partial charge < -0.3 is 25.6 Å². The van der Waals surface area contributed by atoms with Gasteiger partial charge in [-0.3, -0.25) is 9.59 Å². The molecule has 2 amide bonds. The first kappa shape index (κ1) is 21.0. The Labute approximate surface area is 169 Å². The first-order chi connectivity index (χ1) is 13.8. The molecule has 0 saturated carbocycles. The van der Waals surface area contributed by atoms with Crippen LogP contribution in [0.2, 0.25) is 0 Å². The predicted molar refractivity (Wildman–Crippen MR) is 107 cm³/mol. The zero-order valence-electron chi connectivity index (χ0n) is 16.6. The van der Waals surface area contributed by atoms with E-state index in [-0.39, 0.29) is 29.4 Å². The summed E-state index contributed by atoms with van der Waals surface area (Å²) in [6, 6.07) is 8.02. The number of benzene rings is 1. The lowest BCUT2D eigenvalue weighted by atomic mass is 10.0. The second-order valence-corrected chi connectivity index (χ2v) is 7.76. The third-order valence-electron chi connectivity index (χ3n) is 4.83. The lowest BCUT2D eigenvalue weighted by molar-refractivity contribution is -0.175. The van der Waals surface area contributed by atoms with E-state index in [0.29, 0.717) is 31.3 Å². The number of carbonyl (C=O) groups is 2. The van der Waals surface area contributed by atoms with Crippen molar-refractivity contribution in [2.24, 2.45) is 5.92 Å². The number of aliphatic hydroxyl groups excluding tert-OH is 1. The van der Waals surface area contributed by atoms with Crippen molar-refractivity contribution in [1.29, 1.82) is 0 Å². The lowest BCUT2D eigenvalue weighted by Crippen LogP contribution is -2.51. The van der Waals surface area contributed by atoms with Crippen LogP contribution in [0, 0.1) is 5.92 Å². The number of aromatic nitrogens is 1. The number of nitrogens with zero attached hydrogens (tertiary/aromatic N) is 1. The molecule has 156 valence electrons. The van der Waals surface area contributed by atoms with E-state index in [2.05, 4.69) is 15.6 Å². The fourth-order valence-corrected chi connectivity index (χ4v) is 3.34. The number of aromatic hydroxyl groups is 1. The maximum Gasteiger partial charge on any atom is 0.274 e. The molecule has 1 aromatic heterocycles. The maximum atomic E-state index is 12.6. The van der Waals surface area contributed by atoms with Gasteiger partial charge in [0.25, 0.3) is 5.91 Å². The number of rotatable bonds is 6. The molecule has 1 fully saturated rings. The average Bonchev–Trinajstić information content (AvgIpc) is 2.67. The predicted octanol–water partition coefficient (Wildman–Crippen LogP) is 1.70. The Hall–Kier alpha value is -2.71. The molecule has 0 radical (unpaired) electrons. The van der Waals surface area contributed by atoms with E-state index in [1.165, 1.54) is 6.07 Å². The van der Waals surface area contributed by atoms with Gasteiger partial charge in [-0.1, -0.05) is 32.0 Å². The monoisotopic (exact) mass is 401 g/mol. The molecular weight excluding hydrogens is 374 g/mol. The van der Waals surface area contributed by atoms with Crippen molar-refractivity contribution in [1.82, 2.24) is 15.6 Å². The molecule has 3 atom stereocenters. The standard InChI is InChI=1S/C21H27N3O5/c1-12(2)9-18(26)22-11-14-7-8-16(21(28)29-14)24-20(27)19-17(25)10-13-5-3-4-6-15(13)23-19/h3-6,10,12,14,16,21,25,28H,7-9,11H2,1-2H3,(H,22,26)(H,24,27). The van der Waals surface area contributed by atoms with Gasteiger partial charge >= 0.3 is 0 Å². The second-order valence-electron chi connectivity index (χ2n) is 7.76. The van der Waals surface area contributed by atoms with E-state index in [1.807, 2.05) is 19.9 Å². The van der Waals surface area contributed by atoms with Crippen molar-refractivity contribution in [3.05, 3.63) is 36.0 Å². The number of carbonyl (C=O) groups excluding carboxylic acids is 2. The minimum atomic E-state index is -1.21. The van der Waals surface area contributed by atoms with Crippen molar-refractivity contribution < 1.29 is 24.5 Å². The van der Waals surface area contributed by atoms with Crippen LogP contribution in [0.3, 0.4) is 0 Å². The van der Waals surface area contributed by atoms with E-state index in [0.717, 1.165) is 5.39 Å². The first-order valence-electron chi connectivity index (χ1n) is 9.83. The summed E-state index contributed by atoms with van der Waals surface area (Å²) in [5.74, 6) is -0.582. The Morgan fingerprint density at radius 2 is 2.03 bits per heavy atom. The Morgan fingerprint density at radius 3 is 2.76 bits per heavy atom. The van der Waals surface area contributed by atoms with Gasteiger partial charge in [-0.15, -0.1) is 0 Å². The van der Waals surface area contributed by atoms with Crippen LogP contribution in [0.15, 0.2) is 30.3 Å². The number of fused-ring (bicyclic) bond motifs is 1. The molecule has 4 N–H and O–H groups in total. The van der Waals surface area contributed by atoms with Crippen molar-refractivity contribution in [2.75, 3.05) is 6.54 Å². The van der Waals surface area contributed by atoms with Crippen molar-refractivity contribution in [2.45, 2.75) is 51.5 Å². The topological polar surface area (TPSA) is 121 Å². The summed E-state index contributed by atoms with van der Waals surface area (Å²) in [5, 5.41) is 26.6. The van der Waals surface area contributed by atoms with Crippen LogP contribution in [-0.4, -0.2) is 52.0 Å². The smallest absolute Gasteiger partial charge is 0.274 e. The SMILES string of the molecule is CC(C)CC(=O)NCC1CCC(NC(=O)c2nc3ccccc3cc2O)C(O)O1. The molecule has 8 heteroatoms. The summed E-state index contributed by atoms with van der Waals surface area (Å²) in [6.45, 7) is 4.25. The Morgan fingerprint density at radius 1 is 1.28 bits per heavy atom. The normalized spacial score (nSPS) is 21.9. The van der Waals surface area contributed by atoms with Crippen LogP contribution in [0.5, 0.6) is 5.75 Å². The van der Waals surface area contributed by atoms with E-state index in [1.54, 1.807) is 18.2 Å². The van der Waals surface area contributed by atoms with Crippen LogP contribution in [0.1, 0.15) is 43.6 Å². The fraction of sp³-hybridized carbons (Fsp3) is 0.476. The molecule has 8 nitrogen and oxygen atoms in total. The van der Waals surface area contributed by atoms with Crippen molar-refractivity contribution >= 4 is 22.7 Å². The van der Waals surface area contributed by atoms with E-state index >= 15 is 0 Å². The maximum absolute atomic E-state index is 12.6. The number of pyridine rings is 1. The van der Waals surface area contributed by atoms with Gasteiger partial charge in [-0.25, -0.2) is 4.98 Å². The van der Waals surface area contributed by atoms with E-state index < -0.39 is 18.2 Å². The molecule has 1 aliphatic heterocycles. The third kappa shape index (κ3) is 5.42. The third-order valence-corrected chi connectivity index (χ3v) is 4.83. The Bertz CT molecular complexity index is 886. The highest BCUT2D eigenvalue weighted by atomic mass is 16.6. The Kier molecular flexibility index (Phi) is 6.66. The first-order valence-corrected chi connectivity index (χ1v) is 9.83. The molecule has 2 aromatic rings. The minimum absolute atomic E-state index is 0.0497. The summed E-state index contributed by atoms with van der Waals surface area (Å²) in [6.07, 6.45) is -0.0349. The van der Waals surface area contributed by atoms with Crippen LogP contribution >= 0.6 is 0 Å². The number of ether oxygens (including phenoxy) is 1. The van der Waals surface area contributed by atoms with Gasteiger partial charge in [-0.2, -0.15) is 0 Å². The molecule has 29 heavy (non-hydrogen) atoms. The molecule has 3 rings (SSSR count). The van der Waals surface area contributed by atoms with Crippen LogP contribution < -0.4 is 10.6 Å². The molecule has 0 aliphatic carbocycles. The quantitative estimate of drug-likeness (QED) is 0.585. The van der Waals surface area contributed by atoms with Gasteiger partial charge in [0.05, 0.1) is 17.7 Å². The van der Waals surface area contributed by atoms with Gasteiger partial charge in [0.1, 0.15) is 5.75 Å². The summed E-state index contributed by atoms with van der Waals surface area (Å²) in [4.78, 5) is 28.5. The molecule has 1 saturated heterocycles. The molecule has 1 aliphatic rings. The number of para-hydroxylation sites is 1. The van der Waals surface area contributed by atoms with Crippen molar-refractivity contribution in [3.63, 3.8) is 0 Å². The molecule has 0 spiro atoms. The minimum Gasteiger partial charge on any atom is -0.505 e. The summed E-state index contributed by atoms with van der Waals surface area (Å²) < 4.78 is 5.53. The average molecular weight is 401 g/mol. The molecule has 3 unspecified atom stereocenters. The zero-order valence-corrected chi connectivity index (χ0v) is 16.6. The highest BCUT2D eigenvalue weighted by Gasteiger charge is 2.32. The number of hydrogen-bond donors (Lipinski definition) is 4. The Balaban J connectivity index is 1.56. The molecule has 2 heterocycles. The van der Waals surface area contributed by atoms with E-state index in [4.69, 9.17) is 4.74 Å².